The van der Waals surface area contributed by atoms with Gasteiger partial charge in [0.15, 0.2) is 5.82 Å². The second kappa shape index (κ2) is 6.41. The molecule has 0 radical (unpaired) electrons. The van der Waals surface area contributed by atoms with E-state index < -0.39 is 0 Å². The van der Waals surface area contributed by atoms with Crippen molar-refractivity contribution in [1.82, 2.24) is 9.88 Å². The van der Waals surface area contributed by atoms with Crippen LogP contribution in [-0.2, 0) is 0 Å². The van der Waals surface area contributed by atoms with Crippen LogP contribution in [0.25, 0.3) is 0 Å². The maximum atomic E-state index is 12.5. The molecule has 2 rings (SSSR count). The molecule has 6 heteroatoms. The molecule has 0 unspecified atom stereocenters. The number of aromatic nitrogens is 1. The van der Waals surface area contributed by atoms with Gasteiger partial charge in [-0.25, -0.2) is 10.8 Å². The molecule has 1 aliphatic carbocycles. The molecule has 1 heterocycles. The smallest absolute Gasteiger partial charge is 0.255 e. The van der Waals surface area contributed by atoms with Gasteiger partial charge in [-0.3, -0.25) is 4.79 Å². The summed E-state index contributed by atoms with van der Waals surface area (Å²) in [4.78, 5) is 18.3. The molecule has 1 aromatic rings. The van der Waals surface area contributed by atoms with Gasteiger partial charge in [0.1, 0.15) is 0 Å². The molecule has 0 aromatic carbocycles. The van der Waals surface area contributed by atoms with Crippen LogP contribution >= 0.6 is 11.6 Å². The van der Waals surface area contributed by atoms with Gasteiger partial charge in [-0.2, -0.15) is 0 Å². The summed E-state index contributed by atoms with van der Waals surface area (Å²) in [6.45, 7) is 2.26. The van der Waals surface area contributed by atoms with Gasteiger partial charge in [0.2, 0.25) is 0 Å². The van der Waals surface area contributed by atoms with Gasteiger partial charge in [0.05, 0.1) is 10.6 Å². The normalized spacial score (nSPS) is 22.4. The van der Waals surface area contributed by atoms with E-state index >= 15 is 0 Å². The highest BCUT2D eigenvalue weighted by Gasteiger charge is 2.25. The van der Waals surface area contributed by atoms with E-state index in [0.29, 0.717) is 22.4 Å². The van der Waals surface area contributed by atoms with E-state index in [-0.39, 0.29) is 5.91 Å². The van der Waals surface area contributed by atoms with Crippen molar-refractivity contribution in [2.45, 2.75) is 38.6 Å². The Labute approximate surface area is 124 Å². The Hall–Kier alpha value is -1.33. The van der Waals surface area contributed by atoms with Crippen molar-refractivity contribution in [3.8, 4) is 0 Å². The summed E-state index contributed by atoms with van der Waals surface area (Å²) in [5.41, 5.74) is 2.89. The quantitative estimate of drug-likeness (QED) is 0.664. The number of nitrogens with one attached hydrogen (secondary N) is 1. The van der Waals surface area contributed by atoms with Crippen LogP contribution in [0.4, 0.5) is 5.82 Å². The lowest BCUT2D eigenvalue weighted by atomic mass is 9.86. The molecule has 1 fully saturated rings. The van der Waals surface area contributed by atoms with E-state index in [1.54, 1.807) is 6.07 Å². The molecule has 0 bridgehead atoms. The number of hydrogen-bond donors (Lipinski definition) is 2. The van der Waals surface area contributed by atoms with Crippen LogP contribution in [0.5, 0.6) is 0 Å². The monoisotopic (exact) mass is 296 g/mol. The Morgan fingerprint density at radius 3 is 2.65 bits per heavy atom. The molecule has 5 nitrogen and oxygen atoms in total. The first-order valence-corrected chi connectivity index (χ1v) is 7.30. The van der Waals surface area contributed by atoms with E-state index in [9.17, 15) is 4.79 Å². The number of hydrazine groups is 1. The van der Waals surface area contributed by atoms with Crippen LogP contribution in [0.1, 0.15) is 43.0 Å². The van der Waals surface area contributed by atoms with Gasteiger partial charge in [-0.05, 0) is 37.7 Å². The molecular weight excluding hydrogens is 276 g/mol. The molecule has 1 saturated carbocycles. The zero-order chi connectivity index (χ0) is 14.7. The fourth-order valence-corrected chi connectivity index (χ4v) is 2.88. The Balaban J connectivity index is 2.08. The van der Waals surface area contributed by atoms with Crippen LogP contribution in [0, 0.1) is 5.92 Å². The number of anilines is 1. The Kier molecular flexibility index (Phi) is 4.83. The first-order valence-electron chi connectivity index (χ1n) is 6.92. The van der Waals surface area contributed by atoms with Crippen LogP contribution in [0.15, 0.2) is 12.3 Å². The molecule has 20 heavy (non-hydrogen) atoms. The second-order valence-corrected chi connectivity index (χ2v) is 5.94. The van der Waals surface area contributed by atoms with Crippen molar-refractivity contribution in [2.75, 3.05) is 12.5 Å². The maximum Gasteiger partial charge on any atom is 0.255 e. The number of carbonyl (C=O) groups excluding carboxylic acids is 1. The third-order valence-corrected chi connectivity index (χ3v) is 4.37. The lowest BCUT2D eigenvalue weighted by Crippen LogP contribution is -2.39. The molecule has 1 aromatic heterocycles. The fourth-order valence-electron chi connectivity index (χ4n) is 2.66. The summed E-state index contributed by atoms with van der Waals surface area (Å²) >= 11 is 6.01. The fraction of sp³-hybridized carbons (Fsp3) is 0.571. The van der Waals surface area contributed by atoms with Gasteiger partial charge in [-0.1, -0.05) is 18.5 Å². The maximum absolute atomic E-state index is 12.5. The Morgan fingerprint density at radius 1 is 1.45 bits per heavy atom. The van der Waals surface area contributed by atoms with Gasteiger partial charge in [-0.15, -0.1) is 0 Å². The molecule has 0 atom stereocenters. The summed E-state index contributed by atoms with van der Waals surface area (Å²) in [6.07, 6.45) is 5.99. The van der Waals surface area contributed by atoms with E-state index in [1.165, 1.54) is 19.0 Å². The average Bonchev–Trinajstić information content (AvgIpc) is 2.46. The first-order chi connectivity index (χ1) is 9.52. The average molecular weight is 297 g/mol. The summed E-state index contributed by atoms with van der Waals surface area (Å²) in [6, 6.07) is 1.92. The van der Waals surface area contributed by atoms with Crippen LogP contribution in [-0.4, -0.2) is 28.9 Å². The van der Waals surface area contributed by atoms with Crippen LogP contribution < -0.4 is 11.3 Å². The van der Waals surface area contributed by atoms with E-state index in [4.69, 9.17) is 17.4 Å². The number of pyridine rings is 1. The zero-order valence-corrected chi connectivity index (χ0v) is 12.7. The van der Waals surface area contributed by atoms with Crippen LogP contribution in [0.2, 0.25) is 5.02 Å². The minimum absolute atomic E-state index is 0.0393. The van der Waals surface area contributed by atoms with Crippen molar-refractivity contribution in [3.05, 3.63) is 22.8 Å². The zero-order valence-electron chi connectivity index (χ0n) is 11.9. The molecule has 110 valence electrons. The molecule has 3 N–H and O–H groups in total. The van der Waals surface area contributed by atoms with E-state index in [0.717, 1.165) is 18.8 Å². The third kappa shape index (κ3) is 3.22. The molecule has 0 aliphatic heterocycles. The van der Waals surface area contributed by atoms with Gasteiger partial charge in [0.25, 0.3) is 5.91 Å². The molecule has 0 spiro atoms. The standard InChI is InChI=1S/C14H21ClN4O/c1-9-3-5-11(6-4-9)19(2)14(20)10-7-12(15)13(18-16)17-8-10/h7-9,11H,3-6,16H2,1-2H3,(H,17,18). The highest BCUT2D eigenvalue weighted by Crippen LogP contribution is 2.27. The minimum atomic E-state index is -0.0393. The Bertz CT molecular complexity index is 486. The summed E-state index contributed by atoms with van der Waals surface area (Å²) in [5, 5.41) is 0.351. The lowest BCUT2D eigenvalue weighted by Gasteiger charge is -2.33. The van der Waals surface area contributed by atoms with Crippen molar-refractivity contribution >= 4 is 23.3 Å². The Morgan fingerprint density at radius 2 is 2.10 bits per heavy atom. The molecular formula is C14H21ClN4O. The number of amides is 1. The number of hydrogen-bond acceptors (Lipinski definition) is 4. The topological polar surface area (TPSA) is 71.2 Å². The predicted octanol–water partition coefficient (Wildman–Crippen LogP) is 2.67. The van der Waals surface area contributed by atoms with E-state index in [1.807, 2.05) is 11.9 Å². The number of halogens is 1. The molecule has 1 aliphatic rings. The summed E-state index contributed by atoms with van der Waals surface area (Å²) in [5.74, 6) is 6.37. The van der Waals surface area contributed by atoms with E-state index in [2.05, 4.69) is 17.3 Å². The number of carbonyl (C=O) groups is 1. The number of nitrogen functional groups attached to an aromatic ring is 1. The summed E-state index contributed by atoms with van der Waals surface area (Å²) < 4.78 is 0. The van der Waals surface area contributed by atoms with Crippen molar-refractivity contribution in [3.63, 3.8) is 0 Å². The number of nitrogens with two attached hydrogens (primary N) is 1. The third-order valence-electron chi connectivity index (χ3n) is 4.08. The summed E-state index contributed by atoms with van der Waals surface area (Å²) in [7, 11) is 1.85. The molecule has 1 amide bonds. The van der Waals surface area contributed by atoms with Crippen molar-refractivity contribution in [2.24, 2.45) is 11.8 Å². The first kappa shape index (κ1) is 15.1. The van der Waals surface area contributed by atoms with Gasteiger partial charge >= 0.3 is 0 Å². The van der Waals surface area contributed by atoms with Gasteiger partial charge < -0.3 is 10.3 Å². The highest BCUT2D eigenvalue weighted by atomic mass is 35.5. The predicted molar refractivity (Wildman–Crippen MR) is 80.6 cm³/mol. The number of rotatable bonds is 3. The highest BCUT2D eigenvalue weighted by molar-refractivity contribution is 6.33. The second-order valence-electron chi connectivity index (χ2n) is 5.53. The molecule has 0 saturated heterocycles. The van der Waals surface area contributed by atoms with Crippen LogP contribution in [0.3, 0.4) is 0 Å². The lowest BCUT2D eigenvalue weighted by molar-refractivity contribution is 0.0679. The minimum Gasteiger partial charge on any atom is -0.339 e. The largest absolute Gasteiger partial charge is 0.339 e. The SMILES string of the molecule is CC1CCC(N(C)C(=O)c2cnc(NN)c(Cl)c2)CC1. The van der Waals surface area contributed by atoms with Crippen molar-refractivity contribution < 1.29 is 4.79 Å². The number of nitrogens with zero attached hydrogens (tertiary/aromatic N) is 2. The van der Waals surface area contributed by atoms with Crippen molar-refractivity contribution in [1.29, 1.82) is 0 Å². The van der Waals surface area contributed by atoms with Gasteiger partial charge in [0, 0.05) is 19.3 Å².